The van der Waals surface area contributed by atoms with Gasteiger partial charge in [-0.25, -0.2) is 9.97 Å². The molecule has 1 aromatic rings. The molecule has 2 rings (SSSR count). The first kappa shape index (κ1) is 8.29. The Labute approximate surface area is 77.6 Å². The molecule has 1 fully saturated rings. The predicted molar refractivity (Wildman–Crippen MR) is 52.6 cm³/mol. The number of nitrogens with one attached hydrogen (secondary N) is 1. The zero-order valence-electron chi connectivity index (χ0n) is 7.75. The molecule has 0 aromatic carbocycles. The Balaban J connectivity index is 2.25. The van der Waals surface area contributed by atoms with E-state index in [4.69, 9.17) is 5.73 Å². The summed E-state index contributed by atoms with van der Waals surface area (Å²) in [6, 6.07) is 1.77. The van der Waals surface area contributed by atoms with E-state index in [-0.39, 0.29) is 0 Å². The molecule has 1 aromatic heterocycles. The Morgan fingerprint density at radius 3 is 2.92 bits per heavy atom. The summed E-state index contributed by atoms with van der Waals surface area (Å²) < 4.78 is 0. The van der Waals surface area contributed by atoms with Crippen LogP contribution in [0.5, 0.6) is 0 Å². The summed E-state index contributed by atoms with van der Waals surface area (Å²) in [5.41, 5.74) is 5.66. The van der Waals surface area contributed by atoms with Gasteiger partial charge in [-0.15, -0.1) is 0 Å². The van der Waals surface area contributed by atoms with E-state index < -0.39 is 0 Å². The largest absolute Gasteiger partial charge is 0.384 e. The molecule has 4 heteroatoms. The number of hydrogen-bond donors (Lipinski definition) is 2. The Bertz CT molecular complexity index is 306. The minimum atomic E-state index is 0.556. The molecular weight excluding hydrogens is 164 g/mol. The van der Waals surface area contributed by atoms with Crippen LogP contribution in [0.25, 0.3) is 0 Å². The monoisotopic (exact) mass is 178 g/mol. The van der Waals surface area contributed by atoms with Crippen LogP contribution in [-0.2, 0) is 0 Å². The lowest BCUT2D eigenvalue weighted by atomic mass is 10.4. The molecule has 0 radical (unpaired) electrons. The van der Waals surface area contributed by atoms with Crippen LogP contribution in [-0.4, -0.2) is 16.5 Å². The van der Waals surface area contributed by atoms with Crippen molar-refractivity contribution in [1.29, 1.82) is 0 Å². The van der Waals surface area contributed by atoms with Crippen molar-refractivity contribution in [3.05, 3.63) is 11.9 Å². The van der Waals surface area contributed by atoms with Gasteiger partial charge in [0.05, 0.1) is 0 Å². The summed E-state index contributed by atoms with van der Waals surface area (Å²) in [6.07, 6.45) is 2.41. The van der Waals surface area contributed by atoms with Crippen molar-refractivity contribution in [3.63, 3.8) is 0 Å². The van der Waals surface area contributed by atoms with E-state index in [0.717, 1.165) is 18.2 Å². The van der Waals surface area contributed by atoms with Crippen molar-refractivity contribution in [3.8, 4) is 0 Å². The lowest BCUT2D eigenvalue weighted by Gasteiger charge is -2.05. The highest BCUT2D eigenvalue weighted by Crippen LogP contribution is 2.38. The summed E-state index contributed by atoms with van der Waals surface area (Å²) in [7, 11) is 0. The van der Waals surface area contributed by atoms with E-state index in [1.54, 1.807) is 6.07 Å². The van der Waals surface area contributed by atoms with E-state index in [1.807, 2.05) is 6.92 Å². The molecule has 4 nitrogen and oxygen atoms in total. The van der Waals surface area contributed by atoms with Crippen LogP contribution in [0, 0.1) is 0 Å². The molecule has 0 bridgehead atoms. The van der Waals surface area contributed by atoms with E-state index in [9.17, 15) is 0 Å². The van der Waals surface area contributed by atoms with Gasteiger partial charge in [0.1, 0.15) is 17.5 Å². The van der Waals surface area contributed by atoms with Crippen LogP contribution in [0.1, 0.15) is 31.5 Å². The minimum absolute atomic E-state index is 0.556. The molecule has 0 amide bonds. The van der Waals surface area contributed by atoms with Crippen molar-refractivity contribution in [2.75, 3.05) is 17.6 Å². The lowest BCUT2D eigenvalue weighted by Crippen LogP contribution is -2.05. The highest BCUT2D eigenvalue weighted by molar-refractivity contribution is 5.45. The molecule has 13 heavy (non-hydrogen) atoms. The average molecular weight is 178 g/mol. The smallest absolute Gasteiger partial charge is 0.136 e. The fraction of sp³-hybridized carbons (Fsp3) is 0.556. The molecule has 0 aliphatic heterocycles. The number of nitrogens with two attached hydrogens (primary N) is 1. The molecule has 70 valence electrons. The van der Waals surface area contributed by atoms with Gasteiger partial charge in [-0.05, 0) is 19.8 Å². The van der Waals surface area contributed by atoms with E-state index in [2.05, 4.69) is 15.3 Å². The number of nitrogen functional groups attached to an aromatic ring is 1. The van der Waals surface area contributed by atoms with Gasteiger partial charge in [0.25, 0.3) is 0 Å². The van der Waals surface area contributed by atoms with Crippen molar-refractivity contribution >= 4 is 11.6 Å². The fourth-order valence-electron chi connectivity index (χ4n) is 1.28. The number of nitrogens with zero attached hydrogens (tertiary/aromatic N) is 2. The summed E-state index contributed by atoms with van der Waals surface area (Å²) in [5.74, 6) is 2.86. The molecule has 0 atom stereocenters. The van der Waals surface area contributed by atoms with E-state index >= 15 is 0 Å². The SMILES string of the molecule is CCNc1cc(N)nc(C2CC2)n1. The van der Waals surface area contributed by atoms with Crippen LogP contribution >= 0.6 is 0 Å². The Kier molecular flexibility index (Phi) is 2.04. The van der Waals surface area contributed by atoms with Gasteiger partial charge in [0.2, 0.25) is 0 Å². The second kappa shape index (κ2) is 3.20. The van der Waals surface area contributed by atoms with E-state index in [0.29, 0.717) is 11.7 Å². The minimum Gasteiger partial charge on any atom is -0.384 e. The first-order valence-electron chi connectivity index (χ1n) is 4.68. The highest BCUT2D eigenvalue weighted by Gasteiger charge is 2.27. The predicted octanol–water partition coefficient (Wildman–Crippen LogP) is 1.37. The first-order chi connectivity index (χ1) is 6.29. The summed E-state index contributed by atoms with van der Waals surface area (Å²) in [5, 5.41) is 3.14. The molecule has 0 saturated heterocycles. The zero-order chi connectivity index (χ0) is 9.26. The van der Waals surface area contributed by atoms with Gasteiger partial charge >= 0.3 is 0 Å². The average Bonchev–Trinajstić information content (AvgIpc) is 2.85. The van der Waals surface area contributed by atoms with Gasteiger partial charge in [-0.3, -0.25) is 0 Å². The summed E-state index contributed by atoms with van der Waals surface area (Å²) in [4.78, 5) is 8.59. The maximum atomic E-state index is 5.66. The molecule has 0 unspecified atom stereocenters. The number of aromatic nitrogens is 2. The molecular formula is C9H14N4. The highest BCUT2D eigenvalue weighted by atomic mass is 15.1. The maximum Gasteiger partial charge on any atom is 0.136 e. The van der Waals surface area contributed by atoms with Crippen molar-refractivity contribution in [2.24, 2.45) is 0 Å². The Morgan fingerprint density at radius 1 is 1.54 bits per heavy atom. The standard InChI is InChI=1S/C9H14N4/c1-2-11-8-5-7(10)12-9(13-8)6-3-4-6/h5-6H,2-4H2,1H3,(H3,10,11,12,13). The van der Waals surface area contributed by atoms with Crippen molar-refractivity contribution < 1.29 is 0 Å². The van der Waals surface area contributed by atoms with Gasteiger partial charge in [-0.1, -0.05) is 0 Å². The normalized spacial score (nSPS) is 15.8. The molecule has 1 aliphatic carbocycles. The van der Waals surface area contributed by atoms with Crippen LogP contribution in [0.15, 0.2) is 6.07 Å². The second-order valence-corrected chi connectivity index (χ2v) is 3.34. The van der Waals surface area contributed by atoms with Crippen LogP contribution in [0.4, 0.5) is 11.6 Å². The maximum absolute atomic E-state index is 5.66. The van der Waals surface area contributed by atoms with E-state index in [1.165, 1.54) is 12.8 Å². The third-order valence-electron chi connectivity index (χ3n) is 2.06. The van der Waals surface area contributed by atoms with Crippen LogP contribution in [0.3, 0.4) is 0 Å². The third-order valence-corrected chi connectivity index (χ3v) is 2.06. The van der Waals surface area contributed by atoms with Gasteiger partial charge in [0, 0.05) is 18.5 Å². The fourth-order valence-corrected chi connectivity index (χ4v) is 1.28. The van der Waals surface area contributed by atoms with Crippen molar-refractivity contribution in [2.45, 2.75) is 25.7 Å². The summed E-state index contributed by atoms with van der Waals surface area (Å²) in [6.45, 7) is 2.90. The first-order valence-corrected chi connectivity index (χ1v) is 4.68. The number of rotatable bonds is 3. The molecule has 1 saturated carbocycles. The Morgan fingerprint density at radius 2 is 2.31 bits per heavy atom. The van der Waals surface area contributed by atoms with Gasteiger partial charge in [-0.2, -0.15) is 0 Å². The molecule has 1 heterocycles. The number of anilines is 2. The molecule has 3 N–H and O–H groups in total. The quantitative estimate of drug-likeness (QED) is 0.733. The second-order valence-electron chi connectivity index (χ2n) is 3.34. The Hall–Kier alpha value is -1.32. The third kappa shape index (κ3) is 1.88. The van der Waals surface area contributed by atoms with Crippen molar-refractivity contribution in [1.82, 2.24) is 9.97 Å². The molecule has 0 spiro atoms. The van der Waals surface area contributed by atoms with Gasteiger partial charge in [0.15, 0.2) is 0 Å². The number of hydrogen-bond acceptors (Lipinski definition) is 4. The van der Waals surface area contributed by atoms with Crippen LogP contribution in [0.2, 0.25) is 0 Å². The van der Waals surface area contributed by atoms with Crippen LogP contribution < -0.4 is 11.1 Å². The van der Waals surface area contributed by atoms with Gasteiger partial charge < -0.3 is 11.1 Å². The summed E-state index contributed by atoms with van der Waals surface area (Å²) >= 11 is 0. The topological polar surface area (TPSA) is 63.8 Å². The zero-order valence-corrected chi connectivity index (χ0v) is 7.75. The molecule has 1 aliphatic rings. The lowest BCUT2D eigenvalue weighted by molar-refractivity contribution is 0.929.